The summed E-state index contributed by atoms with van der Waals surface area (Å²) in [5.41, 5.74) is 2.12. The minimum absolute atomic E-state index is 0.0144. The molecule has 0 aromatic heterocycles. The molecule has 6 heteroatoms. The number of nitrogens with zero attached hydrogens (tertiary/aromatic N) is 1. The summed E-state index contributed by atoms with van der Waals surface area (Å²) in [6.07, 6.45) is 5.90. The van der Waals surface area contributed by atoms with E-state index in [0.717, 1.165) is 31.2 Å². The Labute approximate surface area is 184 Å². The topological polar surface area (TPSA) is 68.4 Å². The number of likely N-dealkylation sites (N-methyl/N-ethyl adjacent to an activating group) is 1. The smallest absolute Gasteiger partial charge is 0.320 e. The van der Waals surface area contributed by atoms with Crippen LogP contribution in [0.5, 0.6) is 0 Å². The van der Waals surface area contributed by atoms with E-state index in [9.17, 15) is 9.59 Å². The molecule has 1 aromatic carbocycles. The number of ether oxygens (including phenoxy) is 3. The van der Waals surface area contributed by atoms with Gasteiger partial charge in [0.25, 0.3) is 0 Å². The first kappa shape index (κ1) is 22.0. The van der Waals surface area contributed by atoms with Crippen LogP contribution in [0, 0.1) is 11.8 Å². The Balaban J connectivity index is 1.35. The van der Waals surface area contributed by atoms with Crippen LogP contribution in [0.15, 0.2) is 42.0 Å². The minimum Gasteiger partial charge on any atom is -0.460 e. The highest BCUT2D eigenvalue weighted by atomic mass is 16.6. The lowest BCUT2D eigenvalue weighted by Gasteiger charge is -2.25. The summed E-state index contributed by atoms with van der Waals surface area (Å²) >= 11 is 0. The van der Waals surface area contributed by atoms with Crippen molar-refractivity contribution in [1.82, 2.24) is 4.90 Å². The second kappa shape index (κ2) is 9.13. The molecule has 31 heavy (non-hydrogen) atoms. The molecule has 2 fully saturated rings. The van der Waals surface area contributed by atoms with Crippen LogP contribution in [-0.2, 0) is 30.4 Å². The monoisotopic (exact) mass is 427 g/mol. The number of fused-ring (bicyclic) bond motifs is 3. The van der Waals surface area contributed by atoms with Crippen LogP contribution in [0.1, 0.15) is 45.1 Å². The standard InChI is InChI=1S/C25H33NO5/c1-17-8-7-13-25(2)23(31-25)22-19(12-11-17)20(24(28)30-22)14-26(3)15-21(27)29-16-18-9-5-4-6-10-18/h4-6,8-10,19-20,22-23H,7,11-16H2,1-3H3/b17-8+/t19-,20-,22-,23-,25+/m0/s1. The van der Waals surface area contributed by atoms with Crippen molar-refractivity contribution in [2.45, 2.75) is 63.9 Å². The lowest BCUT2D eigenvalue weighted by atomic mass is 9.80. The molecule has 0 spiro atoms. The van der Waals surface area contributed by atoms with E-state index in [1.807, 2.05) is 42.3 Å². The molecule has 1 aromatic rings. The summed E-state index contributed by atoms with van der Waals surface area (Å²) in [5, 5.41) is 0. The van der Waals surface area contributed by atoms with Crippen LogP contribution in [0.2, 0.25) is 0 Å². The first-order chi connectivity index (χ1) is 14.9. The summed E-state index contributed by atoms with van der Waals surface area (Å²) in [7, 11) is 1.85. The third kappa shape index (κ3) is 5.18. The molecule has 1 aliphatic carbocycles. The van der Waals surface area contributed by atoms with E-state index in [2.05, 4.69) is 19.9 Å². The minimum atomic E-state index is -0.294. The maximum Gasteiger partial charge on any atom is 0.320 e. The van der Waals surface area contributed by atoms with Crippen molar-refractivity contribution in [2.24, 2.45) is 11.8 Å². The van der Waals surface area contributed by atoms with Gasteiger partial charge in [-0.1, -0.05) is 42.0 Å². The van der Waals surface area contributed by atoms with Gasteiger partial charge in [-0.2, -0.15) is 0 Å². The van der Waals surface area contributed by atoms with Crippen molar-refractivity contribution in [2.75, 3.05) is 20.1 Å². The van der Waals surface area contributed by atoms with Crippen molar-refractivity contribution < 1.29 is 23.8 Å². The largest absolute Gasteiger partial charge is 0.460 e. The number of allylic oxidation sites excluding steroid dienone is 2. The number of epoxide rings is 1. The van der Waals surface area contributed by atoms with Crippen molar-refractivity contribution in [3.63, 3.8) is 0 Å². The molecule has 2 aliphatic heterocycles. The molecular formula is C25H33NO5. The number of carbonyl (C=O) groups excluding carboxylic acids is 2. The van der Waals surface area contributed by atoms with Gasteiger partial charge < -0.3 is 14.2 Å². The lowest BCUT2D eigenvalue weighted by Crippen LogP contribution is -2.37. The average Bonchev–Trinajstić information content (AvgIpc) is 3.31. The number of rotatable bonds is 6. The Bertz CT molecular complexity index is 838. The lowest BCUT2D eigenvalue weighted by molar-refractivity contribution is -0.148. The van der Waals surface area contributed by atoms with Crippen molar-refractivity contribution in [1.29, 1.82) is 0 Å². The van der Waals surface area contributed by atoms with Crippen LogP contribution in [0.3, 0.4) is 0 Å². The van der Waals surface area contributed by atoms with E-state index in [-0.39, 0.29) is 54.7 Å². The second-order valence-electron chi connectivity index (χ2n) is 9.49. The van der Waals surface area contributed by atoms with Gasteiger partial charge in [-0.3, -0.25) is 14.5 Å². The Morgan fingerprint density at radius 2 is 2.06 bits per heavy atom. The predicted molar refractivity (Wildman–Crippen MR) is 116 cm³/mol. The molecule has 6 nitrogen and oxygen atoms in total. The molecule has 3 aliphatic rings. The summed E-state index contributed by atoms with van der Waals surface area (Å²) < 4.78 is 17.3. The molecule has 2 heterocycles. The zero-order valence-corrected chi connectivity index (χ0v) is 18.7. The van der Waals surface area contributed by atoms with Crippen LogP contribution >= 0.6 is 0 Å². The zero-order valence-electron chi connectivity index (χ0n) is 18.7. The van der Waals surface area contributed by atoms with Gasteiger partial charge in [0, 0.05) is 12.5 Å². The maximum absolute atomic E-state index is 12.8. The molecule has 0 amide bonds. The molecule has 0 radical (unpaired) electrons. The molecule has 2 saturated heterocycles. The number of esters is 2. The SMILES string of the molecule is C/C1=C\CC[C@@]2(C)O[C@H]2[C@H]2OC(=O)[C@@H](CN(C)CC(=O)OCc3ccccc3)[C@@H]2CC1. The number of hydrogen-bond donors (Lipinski definition) is 0. The molecule has 168 valence electrons. The van der Waals surface area contributed by atoms with E-state index in [0.29, 0.717) is 6.54 Å². The highest BCUT2D eigenvalue weighted by Gasteiger charge is 2.62. The molecule has 0 N–H and O–H groups in total. The highest BCUT2D eigenvalue weighted by molar-refractivity contribution is 5.76. The number of carbonyl (C=O) groups is 2. The fourth-order valence-corrected chi connectivity index (χ4v) is 4.95. The van der Waals surface area contributed by atoms with Gasteiger partial charge in [-0.05, 0) is 52.1 Å². The number of hydrogen-bond acceptors (Lipinski definition) is 6. The summed E-state index contributed by atoms with van der Waals surface area (Å²) in [6.45, 7) is 5.16. The average molecular weight is 428 g/mol. The van der Waals surface area contributed by atoms with Gasteiger partial charge in [-0.25, -0.2) is 0 Å². The molecule has 0 saturated carbocycles. The molecule has 4 rings (SSSR count). The van der Waals surface area contributed by atoms with Crippen LogP contribution in [-0.4, -0.2) is 54.8 Å². The Kier molecular flexibility index (Phi) is 6.49. The summed E-state index contributed by atoms with van der Waals surface area (Å²) in [6, 6.07) is 9.62. The van der Waals surface area contributed by atoms with Gasteiger partial charge in [0.1, 0.15) is 18.8 Å². The fraction of sp³-hybridized carbons (Fsp3) is 0.600. The molecular weight excluding hydrogens is 394 g/mol. The van der Waals surface area contributed by atoms with Gasteiger partial charge in [0.05, 0.1) is 18.1 Å². The van der Waals surface area contributed by atoms with Crippen molar-refractivity contribution in [3.05, 3.63) is 47.5 Å². The van der Waals surface area contributed by atoms with E-state index in [1.165, 1.54) is 5.57 Å². The van der Waals surface area contributed by atoms with Crippen LogP contribution < -0.4 is 0 Å². The van der Waals surface area contributed by atoms with Crippen molar-refractivity contribution in [3.8, 4) is 0 Å². The van der Waals surface area contributed by atoms with Gasteiger partial charge >= 0.3 is 11.9 Å². The van der Waals surface area contributed by atoms with Crippen LogP contribution in [0.25, 0.3) is 0 Å². The molecule has 0 bridgehead atoms. The van der Waals surface area contributed by atoms with E-state index < -0.39 is 0 Å². The maximum atomic E-state index is 12.8. The van der Waals surface area contributed by atoms with E-state index in [4.69, 9.17) is 14.2 Å². The Morgan fingerprint density at radius 3 is 2.84 bits per heavy atom. The van der Waals surface area contributed by atoms with Crippen LogP contribution in [0.4, 0.5) is 0 Å². The van der Waals surface area contributed by atoms with E-state index >= 15 is 0 Å². The highest BCUT2D eigenvalue weighted by Crippen LogP contribution is 2.50. The normalized spacial score (nSPS) is 34.2. The fourth-order valence-electron chi connectivity index (χ4n) is 4.95. The number of benzene rings is 1. The Morgan fingerprint density at radius 1 is 1.29 bits per heavy atom. The molecule has 5 atom stereocenters. The summed E-state index contributed by atoms with van der Waals surface area (Å²) in [4.78, 5) is 26.9. The first-order valence-corrected chi connectivity index (χ1v) is 11.3. The van der Waals surface area contributed by atoms with Crippen molar-refractivity contribution >= 4 is 11.9 Å². The van der Waals surface area contributed by atoms with E-state index in [1.54, 1.807) is 0 Å². The molecule has 0 unspecified atom stereocenters. The summed E-state index contributed by atoms with van der Waals surface area (Å²) in [5.74, 6) is -0.614. The third-order valence-electron chi connectivity index (χ3n) is 6.89. The van der Waals surface area contributed by atoms with Gasteiger partial charge in [0.2, 0.25) is 0 Å². The Hall–Kier alpha value is -2.18. The van der Waals surface area contributed by atoms with Gasteiger partial charge in [0.15, 0.2) is 0 Å². The zero-order chi connectivity index (χ0) is 22.0. The second-order valence-corrected chi connectivity index (χ2v) is 9.49. The quantitative estimate of drug-likeness (QED) is 0.393. The first-order valence-electron chi connectivity index (χ1n) is 11.3. The third-order valence-corrected chi connectivity index (χ3v) is 6.89. The van der Waals surface area contributed by atoms with Gasteiger partial charge in [-0.15, -0.1) is 0 Å². The predicted octanol–water partition coefficient (Wildman–Crippen LogP) is 3.50.